The quantitative estimate of drug-likeness (QED) is 0.292. The maximum atomic E-state index is 12.0. The van der Waals surface area contributed by atoms with Gasteiger partial charge in [0.1, 0.15) is 6.54 Å². The number of halogens is 1. The summed E-state index contributed by atoms with van der Waals surface area (Å²) >= 11 is 0. The van der Waals surface area contributed by atoms with Crippen LogP contribution in [0, 0.1) is 5.92 Å². The molecule has 1 aliphatic heterocycles. The number of likely N-dealkylation sites (N-methyl/N-ethyl adjacent to an activating group) is 1. The molecule has 1 fully saturated rings. The molecule has 30 heavy (non-hydrogen) atoms. The van der Waals surface area contributed by atoms with E-state index in [2.05, 4.69) is 53.7 Å². The van der Waals surface area contributed by atoms with Crippen LogP contribution in [-0.4, -0.2) is 62.7 Å². The number of nitrogens with zero attached hydrogens (tertiary/aromatic N) is 2. The summed E-state index contributed by atoms with van der Waals surface area (Å²) in [5.74, 6) is 1.31. The fourth-order valence-corrected chi connectivity index (χ4v) is 3.71. The van der Waals surface area contributed by atoms with Crippen molar-refractivity contribution in [2.45, 2.75) is 58.1 Å². The van der Waals surface area contributed by atoms with Crippen molar-refractivity contribution in [3.63, 3.8) is 0 Å². The third-order valence-electron chi connectivity index (χ3n) is 5.65. The van der Waals surface area contributed by atoms with Gasteiger partial charge in [-0.3, -0.25) is 4.79 Å². The van der Waals surface area contributed by atoms with Crippen molar-refractivity contribution >= 4 is 35.8 Å². The van der Waals surface area contributed by atoms with Crippen LogP contribution in [0.2, 0.25) is 0 Å². The SMILES string of the molecule is CCC(CC)C1CC(NC(=NCC(=O)N(C)C)NCCc2ccccc2)CCO1.I. The molecule has 1 saturated heterocycles. The molecule has 1 aliphatic rings. The van der Waals surface area contributed by atoms with Crippen molar-refractivity contribution in [2.75, 3.05) is 33.8 Å². The summed E-state index contributed by atoms with van der Waals surface area (Å²) in [6, 6.07) is 10.7. The molecule has 0 radical (unpaired) electrons. The Morgan fingerprint density at radius 3 is 2.57 bits per heavy atom. The van der Waals surface area contributed by atoms with Gasteiger partial charge in [-0.15, -0.1) is 24.0 Å². The second kappa shape index (κ2) is 14.6. The van der Waals surface area contributed by atoms with Crippen LogP contribution in [0.5, 0.6) is 0 Å². The van der Waals surface area contributed by atoms with Crippen LogP contribution in [0.4, 0.5) is 0 Å². The number of aliphatic imine (C=N–C) groups is 1. The summed E-state index contributed by atoms with van der Waals surface area (Å²) in [5, 5.41) is 6.97. The number of hydrogen-bond acceptors (Lipinski definition) is 3. The van der Waals surface area contributed by atoms with Gasteiger partial charge in [0.15, 0.2) is 5.96 Å². The zero-order valence-corrected chi connectivity index (χ0v) is 21.2. The Morgan fingerprint density at radius 2 is 1.93 bits per heavy atom. The first-order chi connectivity index (χ1) is 14.0. The molecule has 2 N–H and O–H groups in total. The number of carbonyl (C=O) groups excluding carboxylic acids is 1. The third-order valence-corrected chi connectivity index (χ3v) is 5.65. The topological polar surface area (TPSA) is 66.0 Å². The monoisotopic (exact) mass is 530 g/mol. The van der Waals surface area contributed by atoms with Crippen LogP contribution in [0.15, 0.2) is 35.3 Å². The number of ether oxygens (including phenoxy) is 1. The normalized spacial score (nSPS) is 19.2. The molecular formula is C23H39IN4O2. The summed E-state index contributed by atoms with van der Waals surface area (Å²) in [5.41, 5.74) is 1.28. The van der Waals surface area contributed by atoms with Crippen molar-refractivity contribution in [3.8, 4) is 0 Å². The summed E-state index contributed by atoms with van der Waals surface area (Å²) in [6.07, 6.45) is 5.42. The van der Waals surface area contributed by atoms with Crippen LogP contribution in [-0.2, 0) is 16.0 Å². The molecule has 170 valence electrons. The van der Waals surface area contributed by atoms with Crippen molar-refractivity contribution in [1.82, 2.24) is 15.5 Å². The van der Waals surface area contributed by atoms with E-state index in [1.54, 1.807) is 19.0 Å². The van der Waals surface area contributed by atoms with Gasteiger partial charge < -0.3 is 20.3 Å². The molecule has 2 atom stereocenters. The summed E-state index contributed by atoms with van der Waals surface area (Å²) < 4.78 is 6.04. The van der Waals surface area contributed by atoms with E-state index in [0.29, 0.717) is 24.0 Å². The number of guanidine groups is 1. The maximum absolute atomic E-state index is 12.0. The van der Waals surface area contributed by atoms with Gasteiger partial charge in [0, 0.05) is 33.3 Å². The molecule has 7 heteroatoms. The summed E-state index contributed by atoms with van der Waals surface area (Å²) in [6.45, 7) is 6.16. The van der Waals surface area contributed by atoms with Crippen molar-refractivity contribution in [1.29, 1.82) is 0 Å². The highest BCUT2D eigenvalue weighted by atomic mass is 127. The Labute approximate surface area is 199 Å². The Balaban J connectivity index is 0.00000450. The average Bonchev–Trinajstić information content (AvgIpc) is 2.73. The highest BCUT2D eigenvalue weighted by Crippen LogP contribution is 2.25. The van der Waals surface area contributed by atoms with E-state index in [9.17, 15) is 4.79 Å². The minimum atomic E-state index is -0.00366. The van der Waals surface area contributed by atoms with E-state index >= 15 is 0 Å². The standard InChI is InChI=1S/C23H38N4O2.HI/c1-5-19(6-2)21-16-20(13-15-29-21)26-23(25-17-22(28)27(3)4)24-14-12-18-10-8-7-9-11-18;/h7-11,19-21H,5-6,12-17H2,1-4H3,(H2,24,25,26);1H. The Hall–Kier alpha value is -1.35. The molecule has 0 spiro atoms. The minimum Gasteiger partial charge on any atom is -0.378 e. The second-order valence-corrected chi connectivity index (χ2v) is 7.97. The van der Waals surface area contributed by atoms with Crippen molar-refractivity contribution < 1.29 is 9.53 Å². The second-order valence-electron chi connectivity index (χ2n) is 7.97. The smallest absolute Gasteiger partial charge is 0.243 e. The minimum absolute atomic E-state index is 0. The molecule has 0 aromatic heterocycles. The Kier molecular flexibility index (Phi) is 13.0. The zero-order valence-electron chi connectivity index (χ0n) is 18.9. The van der Waals surface area contributed by atoms with Gasteiger partial charge in [-0.25, -0.2) is 4.99 Å². The zero-order chi connectivity index (χ0) is 21.1. The summed E-state index contributed by atoms with van der Waals surface area (Å²) in [7, 11) is 3.51. The summed E-state index contributed by atoms with van der Waals surface area (Å²) in [4.78, 5) is 18.1. The Morgan fingerprint density at radius 1 is 1.23 bits per heavy atom. The van der Waals surface area contributed by atoms with Crippen molar-refractivity contribution in [2.24, 2.45) is 10.9 Å². The van der Waals surface area contributed by atoms with Crippen LogP contribution in [0.3, 0.4) is 0 Å². The molecule has 0 aliphatic carbocycles. The first-order valence-corrected chi connectivity index (χ1v) is 10.9. The average molecular weight is 530 g/mol. The number of rotatable bonds is 9. The molecular weight excluding hydrogens is 491 g/mol. The van der Waals surface area contributed by atoms with Crippen LogP contribution in [0.1, 0.15) is 45.1 Å². The Bertz CT molecular complexity index is 635. The van der Waals surface area contributed by atoms with E-state index < -0.39 is 0 Å². The molecule has 1 aromatic rings. The molecule has 1 amide bonds. The van der Waals surface area contributed by atoms with E-state index in [1.807, 2.05) is 6.07 Å². The highest BCUT2D eigenvalue weighted by molar-refractivity contribution is 14.0. The molecule has 1 aromatic carbocycles. The largest absolute Gasteiger partial charge is 0.378 e. The van der Waals surface area contributed by atoms with Gasteiger partial charge in [-0.05, 0) is 30.7 Å². The van der Waals surface area contributed by atoms with E-state index in [4.69, 9.17) is 4.74 Å². The molecule has 0 bridgehead atoms. The third kappa shape index (κ3) is 9.20. The van der Waals surface area contributed by atoms with E-state index in [0.717, 1.165) is 45.3 Å². The predicted molar refractivity (Wildman–Crippen MR) is 135 cm³/mol. The highest BCUT2D eigenvalue weighted by Gasteiger charge is 2.28. The van der Waals surface area contributed by atoms with Gasteiger partial charge in [-0.2, -0.15) is 0 Å². The van der Waals surface area contributed by atoms with Gasteiger partial charge in [0.25, 0.3) is 0 Å². The lowest BCUT2D eigenvalue weighted by molar-refractivity contribution is -0.127. The number of amides is 1. The first kappa shape index (κ1) is 26.7. The van der Waals surface area contributed by atoms with Crippen LogP contribution in [0.25, 0.3) is 0 Å². The molecule has 0 saturated carbocycles. The molecule has 2 unspecified atom stereocenters. The van der Waals surface area contributed by atoms with E-state index in [-0.39, 0.29) is 36.4 Å². The van der Waals surface area contributed by atoms with E-state index in [1.165, 1.54) is 5.56 Å². The number of hydrogen-bond donors (Lipinski definition) is 2. The van der Waals surface area contributed by atoms with Gasteiger partial charge in [0.2, 0.25) is 5.91 Å². The fraction of sp³-hybridized carbons (Fsp3) is 0.652. The number of carbonyl (C=O) groups is 1. The van der Waals surface area contributed by atoms with Crippen molar-refractivity contribution in [3.05, 3.63) is 35.9 Å². The van der Waals surface area contributed by atoms with Crippen LogP contribution >= 0.6 is 24.0 Å². The lowest BCUT2D eigenvalue weighted by Crippen LogP contribution is -2.49. The number of benzene rings is 1. The van der Waals surface area contributed by atoms with Crippen LogP contribution < -0.4 is 10.6 Å². The fourth-order valence-electron chi connectivity index (χ4n) is 3.71. The van der Waals surface area contributed by atoms with Gasteiger partial charge in [0.05, 0.1) is 6.10 Å². The molecule has 2 rings (SSSR count). The van der Waals surface area contributed by atoms with Gasteiger partial charge >= 0.3 is 0 Å². The molecule has 1 heterocycles. The predicted octanol–water partition coefficient (Wildman–Crippen LogP) is 3.45. The maximum Gasteiger partial charge on any atom is 0.243 e. The first-order valence-electron chi connectivity index (χ1n) is 10.9. The number of nitrogens with one attached hydrogen (secondary N) is 2. The van der Waals surface area contributed by atoms with Gasteiger partial charge in [-0.1, -0.05) is 57.0 Å². The lowest BCUT2D eigenvalue weighted by Gasteiger charge is -2.35. The lowest BCUT2D eigenvalue weighted by atomic mass is 9.89. The molecule has 6 nitrogen and oxygen atoms in total.